The first-order valence-corrected chi connectivity index (χ1v) is 10.4. The number of amides is 1. The van der Waals surface area contributed by atoms with Gasteiger partial charge < -0.3 is 0 Å². The number of nitrogens with one attached hydrogen (secondary N) is 1. The molecule has 144 valence electrons. The largest absolute Gasteiger partial charge is 0.293 e. The fourth-order valence-electron chi connectivity index (χ4n) is 2.64. The van der Waals surface area contributed by atoms with E-state index in [-0.39, 0.29) is 5.91 Å². The van der Waals surface area contributed by atoms with Crippen molar-refractivity contribution in [3.63, 3.8) is 0 Å². The molecule has 0 aliphatic carbocycles. The first-order valence-electron chi connectivity index (χ1n) is 8.83. The highest BCUT2D eigenvalue weighted by Crippen LogP contribution is 2.18. The van der Waals surface area contributed by atoms with Gasteiger partial charge in [0.05, 0.1) is 17.2 Å². The number of carbonyl (C=O) groups excluding carboxylic acids is 1. The van der Waals surface area contributed by atoms with Crippen LogP contribution in [0.15, 0.2) is 68.8 Å². The van der Waals surface area contributed by atoms with Gasteiger partial charge in [-0.15, -0.1) is 0 Å². The fourth-order valence-corrected chi connectivity index (χ4v) is 3.58. The standard InChI is InChI=1S/C21H20Br2N4O/c1-14(2)17-8-6-15(7-9-17)11-24-25-21(28)20-19(23)13-27(26-20)12-16-4-3-5-18(22)10-16/h3-11,13-14H,12H2,1-2H3,(H,25,28)/b24-11-. The summed E-state index contributed by atoms with van der Waals surface area (Å²) in [5, 5.41) is 8.40. The minimum Gasteiger partial charge on any atom is -0.266 e. The summed E-state index contributed by atoms with van der Waals surface area (Å²) in [6.45, 7) is 4.87. The molecule has 0 atom stereocenters. The fraction of sp³-hybridized carbons (Fsp3) is 0.190. The number of benzene rings is 2. The zero-order chi connectivity index (χ0) is 20.1. The van der Waals surface area contributed by atoms with Crippen LogP contribution in [0.5, 0.6) is 0 Å². The van der Waals surface area contributed by atoms with Gasteiger partial charge in [0.25, 0.3) is 5.91 Å². The molecule has 5 nitrogen and oxygen atoms in total. The van der Waals surface area contributed by atoms with Crippen LogP contribution >= 0.6 is 31.9 Å². The van der Waals surface area contributed by atoms with Crippen LogP contribution in [-0.4, -0.2) is 21.9 Å². The van der Waals surface area contributed by atoms with Crippen molar-refractivity contribution in [1.82, 2.24) is 15.2 Å². The number of halogens is 2. The molecule has 0 radical (unpaired) electrons. The molecule has 0 spiro atoms. The van der Waals surface area contributed by atoms with Crippen LogP contribution in [0.2, 0.25) is 0 Å². The summed E-state index contributed by atoms with van der Waals surface area (Å²) in [5.74, 6) is 0.116. The van der Waals surface area contributed by atoms with Gasteiger partial charge in [0, 0.05) is 10.7 Å². The van der Waals surface area contributed by atoms with E-state index in [4.69, 9.17) is 0 Å². The van der Waals surface area contributed by atoms with E-state index >= 15 is 0 Å². The minimum absolute atomic E-state index is 0.294. The van der Waals surface area contributed by atoms with Crippen molar-refractivity contribution in [1.29, 1.82) is 0 Å². The Hall–Kier alpha value is -2.25. The van der Waals surface area contributed by atoms with Crippen molar-refractivity contribution in [3.05, 3.63) is 86.1 Å². The normalized spacial score (nSPS) is 11.3. The SMILES string of the molecule is CC(C)c1ccc(/C=N\NC(=O)c2nn(Cc3cccc(Br)c3)cc2Br)cc1. The van der Waals surface area contributed by atoms with Gasteiger partial charge in [0.15, 0.2) is 5.69 Å². The van der Waals surface area contributed by atoms with Crippen LogP contribution in [0, 0.1) is 0 Å². The lowest BCUT2D eigenvalue weighted by Crippen LogP contribution is -2.19. The number of nitrogens with zero attached hydrogens (tertiary/aromatic N) is 3. The van der Waals surface area contributed by atoms with Crippen LogP contribution in [0.4, 0.5) is 0 Å². The summed E-state index contributed by atoms with van der Waals surface area (Å²) < 4.78 is 3.34. The Labute approximate surface area is 181 Å². The lowest BCUT2D eigenvalue weighted by atomic mass is 10.0. The highest BCUT2D eigenvalue weighted by Gasteiger charge is 2.15. The van der Waals surface area contributed by atoms with E-state index in [1.54, 1.807) is 17.1 Å². The second-order valence-corrected chi connectivity index (χ2v) is 8.44. The zero-order valence-corrected chi connectivity index (χ0v) is 18.7. The van der Waals surface area contributed by atoms with E-state index in [1.807, 2.05) is 36.4 Å². The molecule has 0 bridgehead atoms. The zero-order valence-electron chi connectivity index (χ0n) is 15.6. The number of carbonyl (C=O) groups is 1. The molecule has 28 heavy (non-hydrogen) atoms. The molecule has 2 aromatic carbocycles. The number of hydrazone groups is 1. The first-order chi connectivity index (χ1) is 13.4. The predicted molar refractivity (Wildman–Crippen MR) is 119 cm³/mol. The molecule has 1 N–H and O–H groups in total. The summed E-state index contributed by atoms with van der Waals surface area (Å²) in [7, 11) is 0. The number of hydrogen-bond acceptors (Lipinski definition) is 3. The third-order valence-electron chi connectivity index (χ3n) is 4.15. The van der Waals surface area contributed by atoms with Crippen LogP contribution in [0.25, 0.3) is 0 Å². The van der Waals surface area contributed by atoms with Gasteiger partial charge >= 0.3 is 0 Å². The maximum absolute atomic E-state index is 12.4. The van der Waals surface area contributed by atoms with Gasteiger partial charge in [-0.3, -0.25) is 9.48 Å². The summed E-state index contributed by atoms with van der Waals surface area (Å²) in [5.41, 5.74) is 6.09. The Bertz CT molecular complexity index is 994. The molecule has 1 heterocycles. The lowest BCUT2D eigenvalue weighted by molar-refractivity contribution is 0.0948. The van der Waals surface area contributed by atoms with Gasteiger partial charge in [0.2, 0.25) is 0 Å². The molecule has 0 aliphatic rings. The van der Waals surface area contributed by atoms with Crippen molar-refractivity contribution >= 4 is 44.0 Å². The van der Waals surface area contributed by atoms with E-state index in [1.165, 1.54) is 5.56 Å². The molecule has 0 fully saturated rings. The van der Waals surface area contributed by atoms with Crippen molar-refractivity contribution in [3.8, 4) is 0 Å². The second kappa shape index (κ2) is 9.30. The molecule has 1 amide bonds. The lowest BCUT2D eigenvalue weighted by Gasteiger charge is -2.04. The van der Waals surface area contributed by atoms with Crippen molar-refractivity contribution < 1.29 is 4.79 Å². The second-order valence-electron chi connectivity index (χ2n) is 6.67. The number of rotatable bonds is 6. The Morgan fingerprint density at radius 2 is 1.96 bits per heavy atom. The van der Waals surface area contributed by atoms with Crippen molar-refractivity contribution in [2.24, 2.45) is 5.10 Å². The average Bonchev–Trinajstić information content (AvgIpc) is 3.02. The molecule has 0 saturated heterocycles. The number of hydrogen-bond donors (Lipinski definition) is 1. The Morgan fingerprint density at radius 1 is 1.21 bits per heavy atom. The summed E-state index contributed by atoms with van der Waals surface area (Å²) >= 11 is 6.86. The van der Waals surface area contributed by atoms with E-state index in [9.17, 15) is 4.79 Å². The Balaban J connectivity index is 1.63. The molecular formula is C21H20Br2N4O. The van der Waals surface area contributed by atoms with Crippen LogP contribution in [-0.2, 0) is 6.54 Å². The third kappa shape index (κ3) is 5.39. The van der Waals surface area contributed by atoms with Gasteiger partial charge in [-0.2, -0.15) is 10.2 Å². The van der Waals surface area contributed by atoms with Crippen LogP contribution < -0.4 is 5.43 Å². The molecule has 7 heteroatoms. The third-order valence-corrected chi connectivity index (χ3v) is 5.22. The summed E-state index contributed by atoms with van der Waals surface area (Å²) in [6.07, 6.45) is 3.40. The molecule has 1 aromatic heterocycles. The van der Waals surface area contributed by atoms with Crippen LogP contribution in [0.1, 0.15) is 46.9 Å². The van der Waals surface area contributed by atoms with E-state index in [2.05, 4.69) is 73.5 Å². The predicted octanol–water partition coefficient (Wildman–Crippen LogP) is 5.34. The topological polar surface area (TPSA) is 59.3 Å². The van der Waals surface area contributed by atoms with Crippen LogP contribution in [0.3, 0.4) is 0 Å². The van der Waals surface area contributed by atoms with Gasteiger partial charge in [-0.05, 0) is 50.7 Å². The molecule has 0 aliphatic heterocycles. The summed E-state index contributed by atoms with van der Waals surface area (Å²) in [6, 6.07) is 16.0. The highest BCUT2D eigenvalue weighted by atomic mass is 79.9. The quantitative estimate of drug-likeness (QED) is 0.364. The minimum atomic E-state index is -0.366. The Morgan fingerprint density at radius 3 is 2.64 bits per heavy atom. The number of aromatic nitrogens is 2. The first kappa shape index (κ1) is 20.5. The maximum atomic E-state index is 12.4. The van der Waals surface area contributed by atoms with E-state index < -0.39 is 0 Å². The molecule has 3 rings (SSSR count). The molecular weight excluding hydrogens is 484 g/mol. The average molecular weight is 504 g/mol. The highest BCUT2D eigenvalue weighted by molar-refractivity contribution is 9.10. The van der Waals surface area contributed by atoms with Crippen molar-refractivity contribution in [2.45, 2.75) is 26.3 Å². The smallest absolute Gasteiger partial charge is 0.266 e. The van der Waals surface area contributed by atoms with E-state index in [0.29, 0.717) is 22.6 Å². The van der Waals surface area contributed by atoms with Gasteiger partial charge in [-0.25, -0.2) is 5.43 Å². The monoisotopic (exact) mass is 502 g/mol. The van der Waals surface area contributed by atoms with Gasteiger partial charge in [-0.1, -0.05) is 66.2 Å². The molecule has 3 aromatic rings. The van der Waals surface area contributed by atoms with Gasteiger partial charge in [0.1, 0.15) is 0 Å². The molecule has 0 saturated carbocycles. The van der Waals surface area contributed by atoms with E-state index in [0.717, 1.165) is 15.6 Å². The molecule has 0 unspecified atom stereocenters. The summed E-state index contributed by atoms with van der Waals surface area (Å²) in [4.78, 5) is 12.4. The van der Waals surface area contributed by atoms with Crippen molar-refractivity contribution in [2.75, 3.05) is 0 Å². The maximum Gasteiger partial charge on any atom is 0.293 e. The Kier molecular flexibility index (Phi) is 6.80.